The summed E-state index contributed by atoms with van der Waals surface area (Å²) in [5.74, 6) is 0. The molecule has 2 fully saturated rings. The van der Waals surface area contributed by atoms with Crippen LogP contribution in [0.5, 0.6) is 0 Å². The Kier molecular flexibility index (Phi) is 4.00. The van der Waals surface area contributed by atoms with Gasteiger partial charge in [0.2, 0.25) is 0 Å². The van der Waals surface area contributed by atoms with Gasteiger partial charge in [-0.05, 0) is 45.3 Å². The maximum Gasteiger partial charge on any atom is 0.0664 e. The Bertz CT molecular complexity index is 192. The standard InChI is InChI=1S/C12H24N2O/c1-2-12(15)10-13-8-5-11(9-13)14-6-3-4-7-14/h11-12,15H,2-10H2,1H3. The Morgan fingerprint density at radius 3 is 2.67 bits per heavy atom. The van der Waals surface area contributed by atoms with E-state index in [2.05, 4.69) is 16.7 Å². The van der Waals surface area contributed by atoms with Crippen LogP contribution in [-0.2, 0) is 0 Å². The number of likely N-dealkylation sites (tertiary alicyclic amines) is 2. The van der Waals surface area contributed by atoms with Crippen LogP contribution in [-0.4, -0.2) is 59.8 Å². The van der Waals surface area contributed by atoms with Gasteiger partial charge >= 0.3 is 0 Å². The number of aliphatic hydroxyl groups excluding tert-OH is 1. The highest BCUT2D eigenvalue weighted by Gasteiger charge is 2.29. The van der Waals surface area contributed by atoms with Crippen LogP contribution >= 0.6 is 0 Å². The lowest BCUT2D eigenvalue weighted by atomic mass is 10.2. The van der Waals surface area contributed by atoms with Crippen molar-refractivity contribution in [3.8, 4) is 0 Å². The molecule has 15 heavy (non-hydrogen) atoms. The second-order valence-corrected chi connectivity index (χ2v) is 5.01. The highest BCUT2D eigenvalue weighted by atomic mass is 16.3. The smallest absolute Gasteiger partial charge is 0.0664 e. The monoisotopic (exact) mass is 212 g/mol. The van der Waals surface area contributed by atoms with Crippen LogP contribution < -0.4 is 0 Å². The zero-order valence-electron chi connectivity index (χ0n) is 9.86. The van der Waals surface area contributed by atoms with Crippen LogP contribution in [0.1, 0.15) is 32.6 Å². The minimum Gasteiger partial charge on any atom is -0.392 e. The van der Waals surface area contributed by atoms with E-state index in [4.69, 9.17) is 0 Å². The third-order valence-electron chi connectivity index (χ3n) is 3.84. The minimum atomic E-state index is -0.123. The van der Waals surface area contributed by atoms with Gasteiger partial charge in [0.15, 0.2) is 0 Å². The van der Waals surface area contributed by atoms with Crippen molar-refractivity contribution in [2.24, 2.45) is 0 Å². The van der Waals surface area contributed by atoms with Gasteiger partial charge in [-0.15, -0.1) is 0 Å². The first kappa shape index (κ1) is 11.4. The second kappa shape index (κ2) is 5.28. The lowest BCUT2D eigenvalue weighted by molar-refractivity contribution is 0.116. The van der Waals surface area contributed by atoms with Crippen molar-refractivity contribution in [3.63, 3.8) is 0 Å². The van der Waals surface area contributed by atoms with E-state index >= 15 is 0 Å². The van der Waals surface area contributed by atoms with Gasteiger partial charge in [-0.2, -0.15) is 0 Å². The van der Waals surface area contributed by atoms with Crippen molar-refractivity contribution in [2.75, 3.05) is 32.7 Å². The number of rotatable bonds is 4. The Morgan fingerprint density at radius 2 is 2.00 bits per heavy atom. The molecule has 0 aromatic rings. The van der Waals surface area contributed by atoms with Gasteiger partial charge in [-0.25, -0.2) is 0 Å². The lowest BCUT2D eigenvalue weighted by Crippen LogP contribution is -2.37. The summed E-state index contributed by atoms with van der Waals surface area (Å²) in [6.07, 6.45) is 4.83. The molecule has 2 atom stereocenters. The third kappa shape index (κ3) is 2.92. The quantitative estimate of drug-likeness (QED) is 0.751. The predicted molar refractivity (Wildman–Crippen MR) is 61.9 cm³/mol. The van der Waals surface area contributed by atoms with Gasteiger partial charge in [0.05, 0.1) is 6.10 Å². The molecular formula is C12H24N2O. The van der Waals surface area contributed by atoms with Gasteiger partial charge in [0.1, 0.15) is 0 Å². The number of aliphatic hydroxyl groups is 1. The molecule has 0 bridgehead atoms. The molecule has 2 saturated heterocycles. The molecule has 1 N–H and O–H groups in total. The number of nitrogens with zero attached hydrogens (tertiary/aromatic N) is 2. The molecule has 0 aromatic carbocycles. The molecule has 88 valence electrons. The van der Waals surface area contributed by atoms with Crippen molar-refractivity contribution in [2.45, 2.75) is 44.8 Å². The summed E-state index contributed by atoms with van der Waals surface area (Å²) in [7, 11) is 0. The molecule has 2 aliphatic heterocycles. The number of hydrogen-bond acceptors (Lipinski definition) is 3. The van der Waals surface area contributed by atoms with Gasteiger partial charge < -0.3 is 5.11 Å². The SMILES string of the molecule is CCC(O)CN1CCC(N2CCCC2)C1. The highest BCUT2D eigenvalue weighted by Crippen LogP contribution is 2.20. The van der Waals surface area contributed by atoms with E-state index in [0.717, 1.165) is 19.0 Å². The molecule has 2 aliphatic rings. The van der Waals surface area contributed by atoms with E-state index in [9.17, 15) is 5.11 Å². The normalized spacial score (nSPS) is 31.2. The maximum atomic E-state index is 9.61. The van der Waals surface area contributed by atoms with Gasteiger partial charge in [0, 0.05) is 19.1 Å². The molecule has 0 saturated carbocycles. The first-order chi connectivity index (χ1) is 7.29. The van der Waals surface area contributed by atoms with Crippen molar-refractivity contribution < 1.29 is 5.11 Å². The molecule has 0 amide bonds. The summed E-state index contributed by atoms with van der Waals surface area (Å²) < 4.78 is 0. The summed E-state index contributed by atoms with van der Waals surface area (Å²) >= 11 is 0. The largest absolute Gasteiger partial charge is 0.392 e. The number of β-amino-alcohol motifs (C(OH)–C–C–N with tert-alkyl or cyclic N) is 1. The van der Waals surface area contributed by atoms with E-state index < -0.39 is 0 Å². The average Bonchev–Trinajstić information content (AvgIpc) is 2.85. The fourth-order valence-electron chi connectivity index (χ4n) is 2.81. The maximum absolute atomic E-state index is 9.61. The van der Waals surface area contributed by atoms with E-state index in [-0.39, 0.29) is 6.10 Å². The zero-order chi connectivity index (χ0) is 10.7. The third-order valence-corrected chi connectivity index (χ3v) is 3.84. The van der Waals surface area contributed by atoms with Crippen LogP contribution in [0.3, 0.4) is 0 Å². The van der Waals surface area contributed by atoms with E-state index in [0.29, 0.717) is 0 Å². The summed E-state index contributed by atoms with van der Waals surface area (Å²) in [6.45, 7) is 7.89. The minimum absolute atomic E-state index is 0.123. The Labute approximate surface area is 93.1 Å². The van der Waals surface area contributed by atoms with Crippen molar-refractivity contribution in [1.82, 2.24) is 9.80 Å². The fraction of sp³-hybridized carbons (Fsp3) is 1.00. The summed E-state index contributed by atoms with van der Waals surface area (Å²) in [4.78, 5) is 5.06. The molecule has 3 nitrogen and oxygen atoms in total. The van der Waals surface area contributed by atoms with Crippen LogP contribution in [0.4, 0.5) is 0 Å². The molecule has 2 unspecified atom stereocenters. The van der Waals surface area contributed by atoms with Crippen LogP contribution in [0.2, 0.25) is 0 Å². The molecule has 2 heterocycles. The van der Waals surface area contributed by atoms with Crippen LogP contribution in [0.25, 0.3) is 0 Å². The summed E-state index contributed by atoms with van der Waals surface area (Å²) in [5.41, 5.74) is 0. The summed E-state index contributed by atoms with van der Waals surface area (Å²) in [6, 6.07) is 0.775. The first-order valence-corrected chi connectivity index (χ1v) is 6.44. The average molecular weight is 212 g/mol. The Hall–Kier alpha value is -0.120. The van der Waals surface area contributed by atoms with Crippen LogP contribution in [0, 0.1) is 0 Å². The summed E-state index contributed by atoms with van der Waals surface area (Å²) in [5, 5.41) is 9.61. The molecule has 0 radical (unpaired) electrons. The van der Waals surface area contributed by atoms with E-state index in [1.54, 1.807) is 0 Å². The Balaban J connectivity index is 1.74. The molecular weight excluding hydrogens is 188 g/mol. The molecule has 3 heteroatoms. The predicted octanol–water partition coefficient (Wildman–Crippen LogP) is 0.927. The molecule has 0 aromatic heterocycles. The molecule has 0 aliphatic carbocycles. The Morgan fingerprint density at radius 1 is 1.27 bits per heavy atom. The molecule has 2 rings (SSSR count). The zero-order valence-corrected chi connectivity index (χ0v) is 9.86. The topological polar surface area (TPSA) is 26.7 Å². The van der Waals surface area contributed by atoms with E-state index in [1.165, 1.54) is 45.4 Å². The fourth-order valence-corrected chi connectivity index (χ4v) is 2.81. The lowest BCUT2D eigenvalue weighted by Gasteiger charge is -2.24. The van der Waals surface area contributed by atoms with Crippen LogP contribution in [0.15, 0.2) is 0 Å². The van der Waals surface area contributed by atoms with E-state index in [1.807, 2.05) is 0 Å². The van der Waals surface area contributed by atoms with Crippen molar-refractivity contribution >= 4 is 0 Å². The van der Waals surface area contributed by atoms with Gasteiger partial charge in [-0.3, -0.25) is 9.80 Å². The molecule has 0 spiro atoms. The van der Waals surface area contributed by atoms with Crippen molar-refractivity contribution in [3.05, 3.63) is 0 Å². The van der Waals surface area contributed by atoms with Crippen molar-refractivity contribution in [1.29, 1.82) is 0 Å². The first-order valence-electron chi connectivity index (χ1n) is 6.44. The highest BCUT2D eigenvalue weighted by molar-refractivity contribution is 4.86. The second-order valence-electron chi connectivity index (χ2n) is 5.01. The number of hydrogen-bond donors (Lipinski definition) is 1. The van der Waals surface area contributed by atoms with Gasteiger partial charge in [0.25, 0.3) is 0 Å². The van der Waals surface area contributed by atoms with Gasteiger partial charge in [-0.1, -0.05) is 6.92 Å².